The Morgan fingerprint density at radius 2 is 2.07 bits per heavy atom. The first-order valence-corrected chi connectivity index (χ1v) is 5.46. The van der Waals surface area contributed by atoms with Crippen molar-refractivity contribution in [2.24, 2.45) is 0 Å². The summed E-state index contributed by atoms with van der Waals surface area (Å²) in [6, 6.07) is 5.21. The number of halogens is 1. The van der Waals surface area contributed by atoms with Gasteiger partial charge in [0, 0.05) is 24.0 Å². The van der Waals surface area contributed by atoms with Crippen LogP contribution < -0.4 is 4.74 Å². The summed E-state index contributed by atoms with van der Waals surface area (Å²) in [7, 11) is 4.97. The van der Waals surface area contributed by atoms with E-state index in [9.17, 15) is 4.79 Å². The number of hydrogen-bond acceptors (Lipinski definition) is 3. The number of rotatable bonds is 2. The molecule has 1 aromatic carbocycles. The standard InChI is InChI=1S/C10H12ClNO2S/c1-12(2)10(13)15-9-5-7(11)4-8(6-9)14-3/h4-6H,1-3H3. The number of methoxy groups -OCH3 is 1. The van der Waals surface area contributed by atoms with Gasteiger partial charge < -0.3 is 9.64 Å². The fraction of sp³-hybridized carbons (Fsp3) is 0.300. The lowest BCUT2D eigenvalue weighted by atomic mass is 10.3. The molecule has 3 nitrogen and oxygen atoms in total. The molecule has 1 rings (SSSR count). The van der Waals surface area contributed by atoms with Crippen LogP contribution in [0.5, 0.6) is 5.75 Å². The second-order valence-corrected chi connectivity index (χ2v) is 4.55. The lowest BCUT2D eigenvalue weighted by Crippen LogP contribution is -2.15. The molecule has 5 heteroatoms. The Hall–Kier alpha value is -0.870. The summed E-state index contributed by atoms with van der Waals surface area (Å²) in [5.74, 6) is 0.650. The molecule has 0 fully saturated rings. The second-order valence-electron chi connectivity index (χ2n) is 3.09. The molecule has 1 amide bonds. The number of amides is 1. The van der Waals surface area contributed by atoms with Crippen LogP contribution in [-0.2, 0) is 0 Å². The number of benzene rings is 1. The maximum atomic E-state index is 11.4. The number of carbonyl (C=O) groups excluding carboxylic acids is 1. The molecule has 0 unspecified atom stereocenters. The van der Waals surface area contributed by atoms with Crippen LogP contribution in [-0.4, -0.2) is 31.3 Å². The number of nitrogens with zero attached hydrogens (tertiary/aromatic N) is 1. The van der Waals surface area contributed by atoms with Gasteiger partial charge in [-0.15, -0.1) is 0 Å². The summed E-state index contributed by atoms with van der Waals surface area (Å²) >= 11 is 6.99. The van der Waals surface area contributed by atoms with E-state index in [1.54, 1.807) is 39.4 Å². The molecule has 82 valence electrons. The third-order valence-corrected chi connectivity index (χ3v) is 2.88. The predicted octanol–water partition coefficient (Wildman–Crippen LogP) is 3.12. The fourth-order valence-electron chi connectivity index (χ4n) is 0.906. The van der Waals surface area contributed by atoms with Crippen molar-refractivity contribution >= 4 is 28.6 Å². The highest BCUT2D eigenvalue weighted by Gasteiger charge is 2.08. The predicted molar refractivity (Wildman–Crippen MR) is 62.9 cm³/mol. The number of hydrogen-bond donors (Lipinski definition) is 0. The Labute approximate surface area is 98.4 Å². The highest BCUT2D eigenvalue weighted by Crippen LogP contribution is 2.28. The van der Waals surface area contributed by atoms with E-state index in [1.807, 2.05) is 0 Å². The Morgan fingerprint density at radius 3 is 2.60 bits per heavy atom. The summed E-state index contributed by atoms with van der Waals surface area (Å²) in [6.45, 7) is 0. The van der Waals surface area contributed by atoms with Crippen molar-refractivity contribution in [3.63, 3.8) is 0 Å². The van der Waals surface area contributed by atoms with E-state index in [0.717, 1.165) is 16.7 Å². The summed E-state index contributed by atoms with van der Waals surface area (Å²) in [4.78, 5) is 13.7. The second kappa shape index (κ2) is 5.28. The third kappa shape index (κ3) is 3.64. The monoisotopic (exact) mass is 245 g/mol. The summed E-state index contributed by atoms with van der Waals surface area (Å²) in [5, 5.41) is 0.516. The molecular formula is C10H12ClNO2S. The fourth-order valence-corrected chi connectivity index (χ4v) is 1.94. The van der Waals surface area contributed by atoms with Gasteiger partial charge in [-0.1, -0.05) is 11.6 Å². The van der Waals surface area contributed by atoms with Crippen LogP contribution in [0, 0.1) is 0 Å². The SMILES string of the molecule is COc1cc(Cl)cc(SC(=O)N(C)C)c1. The van der Waals surface area contributed by atoms with E-state index in [-0.39, 0.29) is 5.24 Å². The Balaban J connectivity index is 2.85. The molecule has 0 aliphatic rings. The van der Waals surface area contributed by atoms with Crippen LogP contribution in [0.3, 0.4) is 0 Å². The molecule has 0 saturated heterocycles. The van der Waals surface area contributed by atoms with Gasteiger partial charge in [0.05, 0.1) is 7.11 Å². The minimum atomic E-state index is -0.0423. The van der Waals surface area contributed by atoms with Crippen molar-refractivity contribution in [2.45, 2.75) is 4.90 Å². The molecule has 0 aliphatic heterocycles. The molecule has 0 aliphatic carbocycles. The maximum Gasteiger partial charge on any atom is 0.285 e. The molecular weight excluding hydrogens is 234 g/mol. The van der Waals surface area contributed by atoms with E-state index in [2.05, 4.69) is 0 Å². The molecule has 0 heterocycles. The summed E-state index contributed by atoms with van der Waals surface area (Å²) in [6.07, 6.45) is 0. The average Bonchev–Trinajstić information content (AvgIpc) is 2.16. The van der Waals surface area contributed by atoms with Gasteiger partial charge >= 0.3 is 0 Å². The molecule has 0 radical (unpaired) electrons. The quantitative estimate of drug-likeness (QED) is 0.750. The van der Waals surface area contributed by atoms with E-state index in [0.29, 0.717) is 10.8 Å². The van der Waals surface area contributed by atoms with E-state index < -0.39 is 0 Å². The lowest BCUT2D eigenvalue weighted by Gasteiger charge is -2.10. The van der Waals surface area contributed by atoms with Crippen molar-refractivity contribution < 1.29 is 9.53 Å². The highest BCUT2D eigenvalue weighted by atomic mass is 35.5. The first kappa shape index (κ1) is 12.2. The lowest BCUT2D eigenvalue weighted by molar-refractivity contribution is 0.241. The van der Waals surface area contributed by atoms with Gasteiger partial charge in [0.25, 0.3) is 5.24 Å². The van der Waals surface area contributed by atoms with Gasteiger partial charge in [0.2, 0.25) is 0 Å². The summed E-state index contributed by atoms with van der Waals surface area (Å²) < 4.78 is 5.06. The van der Waals surface area contributed by atoms with Crippen molar-refractivity contribution in [1.29, 1.82) is 0 Å². The zero-order valence-corrected chi connectivity index (χ0v) is 10.4. The first-order chi connectivity index (χ1) is 7.02. The zero-order chi connectivity index (χ0) is 11.4. The van der Waals surface area contributed by atoms with Gasteiger partial charge in [-0.2, -0.15) is 0 Å². The smallest absolute Gasteiger partial charge is 0.285 e. The zero-order valence-electron chi connectivity index (χ0n) is 8.78. The highest BCUT2D eigenvalue weighted by molar-refractivity contribution is 8.13. The molecule has 0 N–H and O–H groups in total. The Kier molecular flexibility index (Phi) is 4.29. The van der Waals surface area contributed by atoms with Crippen LogP contribution in [0.2, 0.25) is 5.02 Å². The molecule has 0 atom stereocenters. The van der Waals surface area contributed by atoms with Crippen LogP contribution in [0.1, 0.15) is 0 Å². The van der Waals surface area contributed by atoms with E-state index >= 15 is 0 Å². The first-order valence-electron chi connectivity index (χ1n) is 4.26. The van der Waals surface area contributed by atoms with Gasteiger partial charge in [0.15, 0.2) is 0 Å². The minimum absolute atomic E-state index is 0.0423. The largest absolute Gasteiger partial charge is 0.497 e. The van der Waals surface area contributed by atoms with Crippen LogP contribution in [0.4, 0.5) is 4.79 Å². The van der Waals surface area contributed by atoms with Gasteiger partial charge in [0.1, 0.15) is 5.75 Å². The summed E-state index contributed by atoms with van der Waals surface area (Å²) in [5.41, 5.74) is 0. The van der Waals surface area contributed by atoms with Crippen molar-refractivity contribution in [2.75, 3.05) is 21.2 Å². The number of thioether (sulfide) groups is 1. The van der Waals surface area contributed by atoms with Crippen molar-refractivity contribution in [1.82, 2.24) is 4.90 Å². The van der Waals surface area contributed by atoms with E-state index in [1.165, 1.54) is 4.90 Å². The van der Waals surface area contributed by atoms with Crippen LogP contribution in [0.25, 0.3) is 0 Å². The number of carbonyl (C=O) groups is 1. The number of ether oxygens (including phenoxy) is 1. The Bertz CT molecular complexity index is 368. The molecule has 0 bridgehead atoms. The Morgan fingerprint density at radius 1 is 1.40 bits per heavy atom. The molecule has 0 aromatic heterocycles. The minimum Gasteiger partial charge on any atom is -0.497 e. The third-order valence-electron chi connectivity index (χ3n) is 1.65. The van der Waals surface area contributed by atoms with Crippen LogP contribution in [0.15, 0.2) is 23.1 Å². The van der Waals surface area contributed by atoms with Crippen molar-refractivity contribution in [3.8, 4) is 5.75 Å². The van der Waals surface area contributed by atoms with Crippen molar-refractivity contribution in [3.05, 3.63) is 23.2 Å². The molecule has 15 heavy (non-hydrogen) atoms. The molecule has 0 saturated carbocycles. The normalized spacial score (nSPS) is 9.87. The molecule has 0 spiro atoms. The average molecular weight is 246 g/mol. The van der Waals surface area contributed by atoms with Crippen LogP contribution >= 0.6 is 23.4 Å². The molecule has 1 aromatic rings. The van der Waals surface area contributed by atoms with Gasteiger partial charge in [-0.25, -0.2) is 0 Å². The van der Waals surface area contributed by atoms with E-state index in [4.69, 9.17) is 16.3 Å². The van der Waals surface area contributed by atoms with Gasteiger partial charge in [-0.3, -0.25) is 4.79 Å². The van der Waals surface area contributed by atoms with Gasteiger partial charge in [-0.05, 0) is 30.0 Å². The topological polar surface area (TPSA) is 29.5 Å². The maximum absolute atomic E-state index is 11.4.